The maximum Gasteiger partial charge on any atom is 0.224 e. The summed E-state index contributed by atoms with van der Waals surface area (Å²) in [6, 6.07) is 1.81. The zero-order valence-corrected chi connectivity index (χ0v) is 7.04. The summed E-state index contributed by atoms with van der Waals surface area (Å²) in [6.07, 6.45) is 3.48. The van der Waals surface area contributed by atoms with Crippen LogP contribution in [-0.2, 0) is 0 Å². The van der Waals surface area contributed by atoms with Gasteiger partial charge in [0.25, 0.3) is 0 Å². The Morgan fingerprint density at radius 3 is 3.17 bits per heavy atom. The minimum atomic E-state index is 0.615. The van der Waals surface area contributed by atoms with Gasteiger partial charge in [-0.2, -0.15) is 4.98 Å². The molecule has 1 heterocycles. The van der Waals surface area contributed by atoms with Crippen molar-refractivity contribution in [2.45, 2.75) is 0 Å². The lowest BCUT2D eigenvalue weighted by Crippen LogP contribution is -2.03. The van der Waals surface area contributed by atoms with Gasteiger partial charge in [0.15, 0.2) is 0 Å². The highest BCUT2D eigenvalue weighted by atomic mass is 15.1. The van der Waals surface area contributed by atoms with Crippen molar-refractivity contribution >= 4 is 11.8 Å². The molecule has 0 aromatic carbocycles. The van der Waals surface area contributed by atoms with E-state index < -0.39 is 0 Å². The fourth-order valence-electron chi connectivity index (χ4n) is 0.754. The molecule has 1 aromatic heterocycles. The summed E-state index contributed by atoms with van der Waals surface area (Å²) in [5, 5.41) is 5.92. The summed E-state index contributed by atoms with van der Waals surface area (Å²) in [6.45, 7) is 4.31. The largest absolute Gasteiger partial charge is 0.366 e. The first kappa shape index (κ1) is 8.52. The number of nitrogens with zero attached hydrogens (tertiary/aromatic N) is 2. The van der Waals surface area contributed by atoms with Crippen molar-refractivity contribution in [3.8, 4) is 0 Å². The van der Waals surface area contributed by atoms with Gasteiger partial charge in [0, 0.05) is 19.8 Å². The molecule has 0 bridgehead atoms. The van der Waals surface area contributed by atoms with Crippen molar-refractivity contribution in [2.24, 2.45) is 0 Å². The van der Waals surface area contributed by atoms with Gasteiger partial charge in [-0.15, -0.1) is 6.58 Å². The molecule has 0 unspecified atom stereocenters. The van der Waals surface area contributed by atoms with Gasteiger partial charge in [-0.3, -0.25) is 0 Å². The molecule has 0 amide bonds. The van der Waals surface area contributed by atoms with Crippen molar-refractivity contribution in [2.75, 3.05) is 24.2 Å². The Labute approximate surface area is 71.7 Å². The molecule has 0 spiro atoms. The summed E-state index contributed by atoms with van der Waals surface area (Å²) in [5.41, 5.74) is 0. The molecule has 2 N–H and O–H groups in total. The summed E-state index contributed by atoms with van der Waals surface area (Å²) in [5.74, 6) is 1.42. The highest BCUT2D eigenvalue weighted by molar-refractivity contribution is 5.39. The molecule has 0 atom stereocenters. The van der Waals surface area contributed by atoms with Gasteiger partial charge in [0.05, 0.1) is 0 Å². The third-order valence-electron chi connectivity index (χ3n) is 1.31. The molecule has 1 rings (SSSR count). The number of rotatable bonds is 4. The Balaban J connectivity index is 2.65. The van der Waals surface area contributed by atoms with Crippen LogP contribution in [0.3, 0.4) is 0 Å². The van der Waals surface area contributed by atoms with Crippen molar-refractivity contribution in [1.29, 1.82) is 0 Å². The van der Waals surface area contributed by atoms with E-state index >= 15 is 0 Å². The molecule has 64 valence electrons. The van der Waals surface area contributed by atoms with E-state index in [4.69, 9.17) is 0 Å². The molecular weight excluding hydrogens is 152 g/mol. The lowest BCUT2D eigenvalue weighted by Gasteiger charge is -2.02. The Bertz CT molecular complexity index is 259. The van der Waals surface area contributed by atoms with Crippen LogP contribution in [0.4, 0.5) is 11.8 Å². The monoisotopic (exact) mass is 164 g/mol. The zero-order valence-electron chi connectivity index (χ0n) is 7.04. The van der Waals surface area contributed by atoms with Crippen LogP contribution in [0, 0.1) is 0 Å². The van der Waals surface area contributed by atoms with Crippen LogP contribution < -0.4 is 10.6 Å². The van der Waals surface area contributed by atoms with Crippen molar-refractivity contribution < 1.29 is 0 Å². The number of hydrogen-bond donors (Lipinski definition) is 2. The smallest absolute Gasteiger partial charge is 0.224 e. The van der Waals surface area contributed by atoms with E-state index in [-0.39, 0.29) is 0 Å². The van der Waals surface area contributed by atoms with Crippen molar-refractivity contribution in [1.82, 2.24) is 9.97 Å². The molecule has 0 fully saturated rings. The molecule has 0 aliphatic rings. The maximum atomic E-state index is 4.15. The molecular formula is C8H12N4. The summed E-state index contributed by atoms with van der Waals surface area (Å²) < 4.78 is 0. The Hall–Kier alpha value is -1.58. The molecule has 0 saturated carbocycles. The third kappa shape index (κ3) is 2.23. The van der Waals surface area contributed by atoms with E-state index in [0.717, 1.165) is 5.82 Å². The van der Waals surface area contributed by atoms with Gasteiger partial charge < -0.3 is 10.6 Å². The lowest BCUT2D eigenvalue weighted by atomic mass is 10.5. The lowest BCUT2D eigenvalue weighted by molar-refractivity contribution is 1.13. The zero-order chi connectivity index (χ0) is 8.81. The van der Waals surface area contributed by atoms with Crippen LogP contribution >= 0.6 is 0 Å². The second-order valence-electron chi connectivity index (χ2n) is 2.19. The first-order chi connectivity index (χ1) is 5.86. The van der Waals surface area contributed by atoms with Gasteiger partial charge >= 0.3 is 0 Å². The molecule has 0 aliphatic carbocycles. The van der Waals surface area contributed by atoms with Crippen LogP contribution in [-0.4, -0.2) is 23.6 Å². The average Bonchev–Trinajstić information content (AvgIpc) is 2.15. The van der Waals surface area contributed by atoms with E-state index in [9.17, 15) is 0 Å². The van der Waals surface area contributed by atoms with Gasteiger partial charge in [-0.1, -0.05) is 6.08 Å². The standard InChI is InChI=1S/C8H12N4/c1-3-5-10-7-4-6-11-8(9-2)12-7/h3-4,6H,1,5H2,2H3,(H2,9,10,11,12). The molecule has 0 radical (unpaired) electrons. The average molecular weight is 164 g/mol. The minimum Gasteiger partial charge on any atom is -0.366 e. The molecule has 4 heteroatoms. The highest BCUT2D eigenvalue weighted by Crippen LogP contribution is 2.03. The van der Waals surface area contributed by atoms with Crippen LogP contribution in [0.25, 0.3) is 0 Å². The molecule has 0 aliphatic heterocycles. The van der Waals surface area contributed by atoms with E-state index in [1.165, 1.54) is 0 Å². The Kier molecular flexibility index (Phi) is 3.07. The SMILES string of the molecule is C=CCNc1ccnc(NC)n1. The fourth-order valence-corrected chi connectivity index (χ4v) is 0.754. The van der Waals surface area contributed by atoms with Crippen LogP contribution in [0.15, 0.2) is 24.9 Å². The Morgan fingerprint density at radius 2 is 2.50 bits per heavy atom. The second-order valence-corrected chi connectivity index (χ2v) is 2.19. The predicted molar refractivity (Wildman–Crippen MR) is 50.3 cm³/mol. The first-order valence-electron chi connectivity index (χ1n) is 3.72. The van der Waals surface area contributed by atoms with Crippen molar-refractivity contribution in [3.63, 3.8) is 0 Å². The van der Waals surface area contributed by atoms with Gasteiger partial charge in [-0.05, 0) is 6.07 Å². The summed E-state index contributed by atoms with van der Waals surface area (Å²) >= 11 is 0. The van der Waals surface area contributed by atoms with E-state index in [2.05, 4.69) is 27.2 Å². The van der Waals surface area contributed by atoms with Crippen LogP contribution in [0.1, 0.15) is 0 Å². The minimum absolute atomic E-state index is 0.615. The molecule has 4 nitrogen and oxygen atoms in total. The number of aromatic nitrogens is 2. The second kappa shape index (κ2) is 4.33. The van der Waals surface area contributed by atoms with Crippen LogP contribution in [0.2, 0.25) is 0 Å². The normalized spacial score (nSPS) is 9.08. The molecule has 1 aromatic rings. The third-order valence-corrected chi connectivity index (χ3v) is 1.31. The summed E-state index contributed by atoms with van der Waals surface area (Å²) in [7, 11) is 1.78. The van der Waals surface area contributed by atoms with E-state index in [1.807, 2.05) is 6.07 Å². The number of nitrogens with one attached hydrogen (secondary N) is 2. The number of hydrogen-bond acceptors (Lipinski definition) is 4. The van der Waals surface area contributed by atoms with E-state index in [1.54, 1.807) is 19.3 Å². The fraction of sp³-hybridized carbons (Fsp3) is 0.250. The van der Waals surface area contributed by atoms with Gasteiger partial charge in [0.2, 0.25) is 5.95 Å². The topological polar surface area (TPSA) is 49.8 Å². The number of anilines is 2. The maximum absolute atomic E-state index is 4.15. The highest BCUT2D eigenvalue weighted by Gasteiger charge is 1.93. The quantitative estimate of drug-likeness (QED) is 0.655. The van der Waals surface area contributed by atoms with Crippen molar-refractivity contribution in [3.05, 3.63) is 24.9 Å². The van der Waals surface area contributed by atoms with E-state index in [0.29, 0.717) is 12.5 Å². The summed E-state index contributed by atoms with van der Waals surface area (Å²) in [4.78, 5) is 8.13. The molecule has 12 heavy (non-hydrogen) atoms. The van der Waals surface area contributed by atoms with Gasteiger partial charge in [0.1, 0.15) is 5.82 Å². The Morgan fingerprint density at radius 1 is 1.67 bits per heavy atom. The first-order valence-corrected chi connectivity index (χ1v) is 3.72. The van der Waals surface area contributed by atoms with Gasteiger partial charge in [-0.25, -0.2) is 4.98 Å². The van der Waals surface area contributed by atoms with Crippen LogP contribution in [0.5, 0.6) is 0 Å². The molecule has 0 saturated heterocycles. The predicted octanol–water partition coefficient (Wildman–Crippen LogP) is 1.12.